The van der Waals surface area contributed by atoms with E-state index in [1.165, 1.54) is 12.4 Å². The van der Waals surface area contributed by atoms with Crippen molar-refractivity contribution >= 4 is 35.1 Å². The van der Waals surface area contributed by atoms with E-state index >= 15 is 0 Å². The van der Waals surface area contributed by atoms with E-state index in [-0.39, 0.29) is 15.9 Å². The Morgan fingerprint density at radius 1 is 1.35 bits per heavy atom. The first kappa shape index (κ1) is 16.6. The zero-order valence-electron chi connectivity index (χ0n) is 10.2. The van der Waals surface area contributed by atoms with Crippen molar-refractivity contribution in [1.29, 1.82) is 0 Å². The molecule has 0 aromatic carbocycles. The number of nitrogens with one attached hydrogen (secondary N) is 1. The molecule has 0 radical (unpaired) electrons. The van der Waals surface area contributed by atoms with Gasteiger partial charge >= 0.3 is 12.1 Å². The van der Waals surface area contributed by atoms with E-state index in [1.807, 2.05) is 0 Å². The summed E-state index contributed by atoms with van der Waals surface area (Å²) in [4.78, 5) is 22.6. The lowest BCUT2D eigenvalue weighted by Gasteiger charge is -2.28. The monoisotopic (exact) mass is 332 g/mol. The lowest BCUT2D eigenvalue weighted by atomic mass is 10.0. The third kappa shape index (κ3) is 2.71. The summed E-state index contributed by atoms with van der Waals surface area (Å²) in [5.74, 6) is -3.49. The molecule has 2 N–H and O–H groups in total. The number of carboxylic acid groups (broad SMARTS) is 1. The Bertz CT molecular complexity index is 571. The van der Waals surface area contributed by atoms with Crippen LogP contribution in [0.5, 0.6) is 0 Å². The SMILES string of the molecule is Cn1c(C(=O)NC(C)(C(=O)O)C(F)(F)F)cc(Cl)c1Cl. The molecule has 1 aromatic rings. The molecule has 20 heavy (non-hydrogen) atoms. The zero-order valence-corrected chi connectivity index (χ0v) is 11.7. The molecule has 10 heteroatoms. The van der Waals surface area contributed by atoms with Gasteiger partial charge < -0.3 is 15.0 Å². The number of hydrogen-bond donors (Lipinski definition) is 2. The maximum Gasteiger partial charge on any atom is 0.422 e. The Morgan fingerprint density at radius 3 is 2.15 bits per heavy atom. The van der Waals surface area contributed by atoms with Gasteiger partial charge in [0.25, 0.3) is 5.91 Å². The minimum absolute atomic E-state index is 0.0386. The van der Waals surface area contributed by atoms with Crippen LogP contribution in [-0.4, -0.2) is 33.3 Å². The zero-order chi connectivity index (χ0) is 15.9. The molecule has 0 bridgehead atoms. The highest BCUT2D eigenvalue weighted by molar-refractivity contribution is 6.41. The van der Waals surface area contributed by atoms with Crippen molar-refractivity contribution in [2.24, 2.45) is 7.05 Å². The number of nitrogens with zero attached hydrogens (tertiary/aromatic N) is 1. The van der Waals surface area contributed by atoms with Crippen molar-refractivity contribution < 1.29 is 27.9 Å². The van der Waals surface area contributed by atoms with Crippen LogP contribution >= 0.6 is 23.2 Å². The molecule has 5 nitrogen and oxygen atoms in total. The second-order valence-electron chi connectivity index (χ2n) is 4.11. The van der Waals surface area contributed by atoms with Crippen molar-refractivity contribution in [3.63, 3.8) is 0 Å². The molecule has 0 saturated heterocycles. The molecule has 112 valence electrons. The van der Waals surface area contributed by atoms with E-state index in [4.69, 9.17) is 28.3 Å². The van der Waals surface area contributed by atoms with Crippen molar-refractivity contribution in [3.8, 4) is 0 Å². The molecule has 0 aliphatic rings. The van der Waals surface area contributed by atoms with Gasteiger partial charge in [-0.3, -0.25) is 4.79 Å². The maximum absolute atomic E-state index is 12.8. The summed E-state index contributed by atoms with van der Waals surface area (Å²) >= 11 is 11.3. The van der Waals surface area contributed by atoms with E-state index in [0.29, 0.717) is 6.92 Å². The van der Waals surface area contributed by atoms with E-state index < -0.39 is 23.6 Å². The number of hydrogen-bond acceptors (Lipinski definition) is 2. The molecule has 0 saturated carbocycles. The summed E-state index contributed by atoms with van der Waals surface area (Å²) in [5.41, 5.74) is -3.72. The van der Waals surface area contributed by atoms with Crippen LogP contribution in [0.2, 0.25) is 10.2 Å². The highest BCUT2D eigenvalue weighted by atomic mass is 35.5. The van der Waals surface area contributed by atoms with Gasteiger partial charge in [0.15, 0.2) is 0 Å². The fraction of sp³-hybridized carbons (Fsp3) is 0.400. The molecule has 0 fully saturated rings. The fourth-order valence-corrected chi connectivity index (χ4v) is 1.67. The molecule has 1 amide bonds. The lowest BCUT2D eigenvalue weighted by molar-refractivity contribution is -0.203. The normalized spacial score (nSPS) is 14.8. The third-order valence-electron chi connectivity index (χ3n) is 2.71. The lowest BCUT2D eigenvalue weighted by Crippen LogP contribution is -2.62. The predicted octanol–water partition coefficient (Wildman–Crippen LogP) is 2.47. The van der Waals surface area contributed by atoms with Crippen LogP contribution < -0.4 is 5.32 Å². The van der Waals surface area contributed by atoms with Crippen LogP contribution in [0.15, 0.2) is 6.07 Å². The standard InChI is InChI=1S/C10H9Cl2F3N2O3/c1-9(8(19)20,10(13,14)15)16-7(18)5-3-4(11)6(12)17(5)2/h3H,1-2H3,(H,16,18)(H,19,20). The van der Waals surface area contributed by atoms with Crippen LogP contribution in [0.25, 0.3) is 0 Å². The van der Waals surface area contributed by atoms with E-state index in [0.717, 1.165) is 10.6 Å². The Balaban J connectivity index is 3.16. The Hall–Kier alpha value is -1.41. The van der Waals surface area contributed by atoms with E-state index in [9.17, 15) is 22.8 Å². The van der Waals surface area contributed by atoms with Gasteiger partial charge in [-0.1, -0.05) is 23.2 Å². The third-order valence-corrected chi connectivity index (χ3v) is 3.55. The average Bonchev–Trinajstić information content (AvgIpc) is 2.55. The predicted molar refractivity (Wildman–Crippen MR) is 65.0 cm³/mol. The highest BCUT2D eigenvalue weighted by Crippen LogP contribution is 2.31. The van der Waals surface area contributed by atoms with Gasteiger partial charge in [0.1, 0.15) is 10.8 Å². The number of rotatable bonds is 3. The highest BCUT2D eigenvalue weighted by Gasteiger charge is 2.58. The van der Waals surface area contributed by atoms with Gasteiger partial charge in [-0.05, 0) is 13.0 Å². The van der Waals surface area contributed by atoms with E-state index in [1.54, 1.807) is 0 Å². The second kappa shape index (κ2) is 5.17. The van der Waals surface area contributed by atoms with Crippen molar-refractivity contribution in [2.75, 3.05) is 0 Å². The molecule has 1 aromatic heterocycles. The number of halogens is 5. The smallest absolute Gasteiger partial charge is 0.422 e. The Labute approximate surface area is 121 Å². The van der Waals surface area contributed by atoms with Gasteiger partial charge in [0.2, 0.25) is 5.54 Å². The maximum atomic E-state index is 12.8. The molecule has 1 rings (SSSR count). The largest absolute Gasteiger partial charge is 0.479 e. The molecule has 0 spiro atoms. The number of aromatic nitrogens is 1. The Morgan fingerprint density at radius 2 is 1.85 bits per heavy atom. The Kier molecular flexibility index (Phi) is 4.31. The van der Waals surface area contributed by atoms with Crippen LogP contribution in [0, 0.1) is 0 Å². The van der Waals surface area contributed by atoms with Gasteiger partial charge in [0, 0.05) is 7.05 Å². The quantitative estimate of drug-likeness (QED) is 0.893. The topological polar surface area (TPSA) is 71.3 Å². The number of carboxylic acids is 1. The van der Waals surface area contributed by atoms with Gasteiger partial charge in [-0.15, -0.1) is 0 Å². The summed E-state index contributed by atoms with van der Waals surface area (Å²) in [6, 6.07) is 1.04. The summed E-state index contributed by atoms with van der Waals surface area (Å²) in [5, 5.41) is 10.0. The molecule has 1 atom stereocenters. The van der Waals surface area contributed by atoms with Crippen LogP contribution in [0.4, 0.5) is 13.2 Å². The molecule has 0 aliphatic carbocycles. The van der Waals surface area contributed by atoms with Crippen LogP contribution in [0.3, 0.4) is 0 Å². The van der Waals surface area contributed by atoms with Crippen molar-refractivity contribution in [2.45, 2.75) is 18.6 Å². The number of carbonyl (C=O) groups excluding carboxylic acids is 1. The first-order chi connectivity index (χ1) is 8.91. The summed E-state index contributed by atoms with van der Waals surface area (Å²) in [6.45, 7) is 0.347. The molecular weight excluding hydrogens is 324 g/mol. The number of amides is 1. The van der Waals surface area contributed by atoms with Crippen molar-refractivity contribution in [1.82, 2.24) is 9.88 Å². The first-order valence-electron chi connectivity index (χ1n) is 5.05. The number of aliphatic carboxylic acids is 1. The molecule has 1 unspecified atom stereocenters. The summed E-state index contributed by atoms with van der Waals surface area (Å²) in [7, 11) is 1.30. The van der Waals surface area contributed by atoms with Gasteiger partial charge in [-0.25, -0.2) is 4.79 Å². The minimum Gasteiger partial charge on any atom is -0.479 e. The van der Waals surface area contributed by atoms with Gasteiger partial charge in [0.05, 0.1) is 5.02 Å². The van der Waals surface area contributed by atoms with E-state index in [2.05, 4.69) is 0 Å². The molecule has 0 aliphatic heterocycles. The number of carbonyl (C=O) groups is 2. The molecular formula is C10H9Cl2F3N2O3. The number of alkyl halides is 3. The minimum atomic E-state index is -5.17. The summed E-state index contributed by atoms with van der Waals surface area (Å²) in [6.07, 6.45) is -5.17. The first-order valence-corrected chi connectivity index (χ1v) is 5.80. The second-order valence-corrected chi connectivity index (χ2v) is 4.87. The molecule has 1 heterocycles. The average molecular weight is 333 g/mol. The van der Waals surface area contributed by atoms with Crippen LogP contribution in [-0.2, 0) is 11.8 Å². The summed E-state index contributed by atoms with van der Waals surface area (Å²) < 4.78 is 39.3. The fourth-order valence-electron chi connectivity index (χ4n) is 1.30. The van der Waals surface area contributed by atoms with Gasteiger partial charge in [-0.2, -0.15) is 13.2 Å². The van der Waals surface area contributed by atoms with Crippen LogP contribution in [0.1, 0.15) is 17.4 Å². The van der Waals surface area contributed by atoms with Crippen molar-refractivity contribution in [3.05, 3.63) is 21.9 Å².